The monoisotopic (exact) mass is 414 g/mol. The van der Waals surface area contributed by atoms with Crippen LogP contribution in [0, 0.1) is 6.92 Å². The number of hydrogen-bond donors (Lipinski definition) is 1. The molecule has 0 spiro atoms. The molecule has 4 rings (SSSR count). The SMILES string of the molecule is COc1cccc(/C=C2/C(=O)NN(c3ccccc3)C2=O)c1OCc1ccc(C)cc1. The van der Waals surface area contributed by atoms with E-state index in [1.807, 2.05) is 37.3 Å². The third-order valence-electron chi connectivity index (χ3n) is 4.94. The van der Waals surface area contributed by atoms with Gasteiger partial charge in [0.15, 0.2) is 11.5 Å². The molecule has 6 heteroatoms. The fourth-order valence-corrected chi connectivity index (χ4v) is 3.27. The number of benzene rings is 3. The molecule has 3 aromatic carbocycles. The first kappa shape index (κ1) is 20.2. The van der Waals surface area contributed by atoms with Crippen molar-refractivity contribution in [3.05, 3.63) is 95.1 Å². The van der Waals surface area contributed by atoms with Crippen molar-refractivity contribution >= 4 is 23.6 Å². The van der Waals surface area contributed by atoms with Gasteiger partial charge < -0.3 is 9.47 Å². The molecule has 0 radical (unpaired) electrons. The fourth-order valence-electron chi connectivity index (χ4n) is 3.27. The summed E-state index contributed by atoms with van der Waals surface area (Å²) in [4.78, 5) is 25.4. The zero-order valence-corrected chi connectivity index (χ0v) is 17.3. The number of rotatable bonds is 6. The van der Waals surface area contributed by atoms with E-state index in [4.69, 9.17) is 9.47 Å². The Morgan fingerprint density at radius 1 is 0.935 bits per heavy atom. The molecule has 1 fully saturated rings. The van der Waals surface area contributed by atoms with Gasteiger partial charge in [0.2, 0.25) is 0 Å². The van der Waals surface area contributed by atoms with Crippen LogP contribution in [0.3, 0.4) is 0 Å². The van der Waals surface area contributed by atoms with Crippen molar-refractivity contribution in [3.8, 4) is 11.5 Å². The number of methoxy groups -OCH3 is 1. The van der Waals surface area contributed by atoms with Gasteiger partial charge in [-0.3, -0.25) is 15.0 Å². The molecule has 1 aliphatic rings. The molecule has 1 saturated heterocycles. The summed E-state index contributed by atoms with van der Waals surface area (Å²) in [6.07, 6.45) is 1.54. The first-order valence-corrected chi connectivity index (χ1v) is 9.84. The van der Waals surface area contributed by atoms with E-state index in [0.717, 1.165) is 5.56 Å². The van der Waals surface area contributed by atoms with E-state index in [0.29, 0.717) is 29.4 Å². The molecule has 3 aromatic rings. The predicted octanol–water partition coefficient (Wildman–Crippen LogP) is 4.04. The summed E-state index contributed by atoms with van der Waals surface area (Å²) in [5, 5.41) is 1.24. The van der Waals surface area contributed by atoms with E-state index < -0.39 is 11.8 Å². The number of aryl methyl sites for hydroxylation is 1. The number of ether oxygens (including phenoxy) is 2. The highest BCUT2D eigenvalue weighted by Crippen LogP contribution is 2.34. The number of hydrazine groups is 1. The maximum absolute atomic E-state index is 12.9. The number of nitrogens with zero attached hydrogens (tertiary/aromatic N) is 1. The molecule has 0 bridgehead atoms. The second kappa shape index (κ2) is 8.75. The molecule has 0 aliphatic carbocycles. The molecular weight excluding hydrogens is 392 g/mol. The number of amides is 2. The van der Waals surface area contributed by atoms with Gasteiger partial charge in [-0.2, -0.15) is 0 Å². The van der Waals surface area contributed by atoms with Gasteiger partial charge in [-0.1, -0.05) is 60.2 Å². The maximum Gasteiger partial charge on any atom is 0.282 e. The molecular formula is C25H22N2O4. The smallest absolute Gasteiger partial charge is 0.282 e. The Labute approximate surface area is 180 Å². The number of carbonyl (C=O) groups excluding carboxylic acids is 2. The largest absolute Gasteiger partial charge is 0.493 e. The molecule has 0 unspecified atom stereocenters. The molecule has 0 atom stereocenters. The van der Waals surface area contributed by atoms with Crippen LogP contribution in [-0.4, -0.2) is 18.9 Å². The van der Waals surface area contributed by atoms with Crippen LogP contribution in [0.5, 0.6) is 11.5 Å². The van der Waals surface area contributed by atoms with Crippen molar-refractivity contribution in [1.29, 1.82) is 0 Å². The van der Waals surface area contributed by atoms with Gasteiger partial charge in [0.05, 0.1) is 12.8 Å². The lowest BCUT2D eigenvalue weighted by Crippen LogP contribution is -2.35. The molecule has 156 valence electrons. The minimum Gasteiger partial charge on any atom is -0.493 e. The summed E-state index contributed by atoms with van der Waals surface area (Å²) >= 11 is 0. The van der Waals surface area contributed by atoms with E-state index in [1.54, 1.807) is 49.6 Å². The first-order valence-electron chi connectivity index (χ1n) is 9.84. The third-order valence-corrected chi connectivity index (χ3v) is 4.94. The number of hydrogen-bond acceptors (Lipinski definition) is 4. The Morgan fingerprint density at radius 2 is 1.68 bits per heavy atom. The standard InChI is InChI=1S/C25H22N2O4/c1-17-11-13-18(14-12-17)16-31-23-19(7-6-10-22(23)30-2)15-21-24(28)26-27(25(21)29)20-8-4-3-5-9-20/h3-15H,16H2,1-2H3,(H,26,28)/b21-15-. The Morgan fingerprint density at radius 3 is 2.39 bits per heavy atom. The van der Waals surface area contributed by atoms with Gasteiger partial charge in [0.25, 0.3) is 11.8 Å². The molecule has 1 aliphatic heterocycles. The van der Waals surface area contributed by atoms with Crippen molar-refractivity contribution in [3.63, 3.8) is 0 Å². The van der Waals surface area contributed by atoms with Crippen LogP contribution in [0.25, 0.3) is 6.08 Å². The summed E-state index contributed by atoms with van der Waals surface area (Å²) in [7, 11) is 1.55. The lowest BCUT2D eigenvalue weighted by molar-refractivity contribution is -0.117. The lowest BCUT2D eigenvalue weighted by Gasteiger charge is -2.14. The molecule has 1 heterocycles. The van der Waals surface area contributed by atoms with Crippen molar-refractivity contribution in [2.45, 2.75) is 13.5 Å². The number of nitrogens with one attached hydrogen (secondary N) is 1. The summed E-state index contributed by atoms with van der Waals surface area (Å²) in [5.74, 6) is 0.0914. The second-order valence-corrected chi connectivity index (χ2v) is 7.13. The second-order valence-electron chi connectivity index (χ2n) is 7.13. The first-order chi connectivity index (χ1) is 15.1. The molecule has 31 heavy (non-hydrogen) atoms. The molecule has 0 saturated carbocycles. The molecule has 6 nitrogen and oxygen atoms in total. The highest BCUT2D eigenvalue weighted by atomic mass is 16.5. The number of carbonyl (C=O) groups is 2. The van der Waals surface area contributed by atoms with Gasteiger partial charge in [0, 0.05) is 5.56 Å². The zero-order valence-electron chi connectivity index (χ0n) is 17.3. The highest BCUT2D eigenvalue weighted by molar-refractivity contribution is 6.31. The van der Waals surface area contributed by atoms with Gasteiger partial charge in [-0.15, -0.1) is 0 Å². The average molecular weight is 414 g/mol. The Bertz CT molecular complexity index is 1140. The van der Waals surface area contributed by atoms with Gasteiger partial charge in [-0.05, 0) is 36.8 Å². The Hall–Kier alpha value is -4.06. The Kier molecular flexibility index (Phi) is 5.71. The maximum atomic E-state index is 12.9. The van der Waals surface area contributed by atoms with Gasteiger partial charge in [0.1, 0.15) is 12.2 Å². The van der Waals surface area contributed by atoms with Crippen molar-refractivity contribution in [1.82, 2.24) is 5.43 Å². The average Bonchev–Trinajstić information content (AvgIpc) is 3.08. The third kappa shape index (κ3) is 4.28. The predicted molar refractivity (Wildman–Crippen MR) is 119 cm³/mol. The van der Waals surface area contributed by atoms with Crippen LogP contribution in [0.1, 0.15) is 16.7 Å². The van der Waals surface area contributed by atoms with Gasteiger partial charge in [-0.25, -0.2) is 5.01 Å². The van der Waals surface area contributed by atoms with Crippen LogP contribution in [-0.2, 0) is 16.2 Å². The molecule has 0 aromatic heterocycles. The van der Waals surface area contributed by atoms with Crippen LogP contribution < -0.4 is 19.9 Å². The quantitative estimate of drug-likeness (QED) is 0.488. The van der Waals surface area contributed by atoms with Crippen LogP contribution in [0.4, 0.5) is 5.69 Å². The number of para-hydroxylation sites is 2. The highest BCUT2D eigenvalue weighted by Gasteiger charge is 2.34. The Balaban J connectivity index is 1.64. The van der Waals surface area contributed by atoms with E-state index in [1.165, 1.54) is 16.6 Å². The summed E-state index contributed by atoms with van der Waals surface area (Å²) < 4.78 is 11.5. The van der Waals surface area contributed by atoms with Crippen LogP contribution in [0.2, 0.25) is 0 Å². The van der Waals surface area contributed by atoms with E-state index in [-0.39, 0.29) is 5.57 Å². The molecule has 1 N–H and O–H groups in total. The van der Waals surface area contributed by atoms with E-state index in [2.05, 4.69) is 5.43 Å². The van der Waals surface area contributed by atoms with Crippen LogP contribution >= 0.6 is 0 Å². The van der Waals surface area contributed by atoms with Crippen molar-refractivity contribution in [2.75, 3.05) is 12.1 Å². The lowest BCUT2D eigenvalue weighted by atomic mass is 10.1. The van der Waals surface area contributed by atoms with Crippen LogP contribution in [0.15, 0.2) is 78.4 Å². The summed E-state index contributed by atoms with van der Waals surface area (Å²) in [6.45, 7) is 2.35. The van der Waals surface area contributed by atoms with E-state index in [9.17, 15) is 9.59 Å². The summed E-state index contributed by atoms with van der Waals surface area (Å²) in [5.41, 5.74) is 5.97. The van der Waals surface area contributed by atoms with Crippen molar-refractivity contribution in [2.24, 2.45) is 0 Å². The van der Waals surface area contributed by atoms with Gasteiger partial charge >= 0.3 is 0 Å². The minimum atomic E-state index is -0.471. The minimum absolute atomic E-state index is 0.0253. The topological polar surface area (TPSA) is 67.9 Å². The zero-order chi connectivity index (χ0) is 21.8. The molecule has 2 amide bonds. The van der Waals surface area contributed by atoms with E-state index >= 15 is 0 Å². The normalized spacial score (nSPS) is 14.6. The van der Waals surface area contributed by atoms with Crippen molar-refractivity contribution < 1.29 is 19.1 Å². The fraction of sp³-hybridized carbons (Fsp3) is 0.120. The summed E-state index contributed by atoms with van der Waals surface area (Å²) in [6, 6.07) is 22.3. The number of anilines is 1.